The first-order chi connectivity index (χ1) is 13.7. The first-order valence-electron chi connectivity index (χ1n) is 9.26. The molecule has 0 saturated heterocycles. The topological polar surface area (TPSA) is 83.4 Å². The highest BCUT2D eigenvalue weighted by Gasteiger charge is 2.09. The van der Waals surface area contributed by atoms with E-state index in [0.29, 0.717) is 17.9 Å². The summed E-state index contributed by atoms with van der Waals surface area (Å²) in [6.07, 6.45) is 7.46. The molecule has 0 aliphatic carbocycles. The Kier molecular flexibility index (Phi) is 4.84. The minimum atomic E-state index is -0.0853. The van der Waals surface area contributed by atoms with Gasteiger partial charge in [0.1, 0.15) is 17.7 Å². The molecule has 1 aromatic carbocycles. The van der Waals surface area contributed by atoms with Crippen LogP contribution in [0.25, 0.3) is 17.1 Å². The Balaban J connectivity index is 1.63. The van der Waals surface area contributed by atoms with Crippen molar-refractivity contribution in [2.24, 2.45) is 0 Å². The fraction of sp³-hybridized carbons (Fsp3) is 0.250. The molecule has 0 amide bonds. The quantitative estimate of drug-likeness (QED) is 0.516. The predicted molar refractivity (Wildman–Crippen MR) is 105 cm³/mol. The Bertz CT molecular complexity index is 1160. The summed E-state index contributed by atoms with van der Waals surface area (Å²) in [6, 6.07) is 9.44. The molecule has 28 heavy (non-hydrogen) atoms. The SMILES string of the molecule is CCn1cc(-n2ccc(=O)c(Cc3cccc(-c4ncn(CC)n4)c3)n2)cn1. The van der Waals surface area contributed by atoms with Crippen LogP contribution in [0.2, 0.25) is 0 Å². The predicted octanol–water partition coefficient (Wildman–Crippen LogP) is 2.32. The maximum Gasteiger partial charge on any atom is 0.203 e. The van der Waals surface area contributed by atoms with Crippen molar-refractivity contribution in [2.75, 3.05) is 0 Å². The molecule has 3 heterocycles. The van der Waals surface area contributed by atoms with E-state index in [4.69, 9.17) is 0 Å². The third-order valence-corrected chi connectivity index (χ3v) is 4.51. The lowest BCUT2D eigenvalue weighted by Crippen LogP contribution is -2.16. The van der Waals surface area contributed by atoms with Crippen molar-refractivity contribution in [3.8, 4) is 17.1 Å². The summed E-state index contributed by atoms with van der Waals surface area (Å²) in [5.74, 6) is 0.675. The van der Waals surface area contributed by atoms with E-state index in [-0.39, 0.29) is 5.43 Å². The van der Waals surface area contributed by atoms with Gasteiger partial charge in [0, 0.05) is 37.3 Å². The van der Waals surface area contributed by atoms with Crippen molar-refractivity contribution < 1.29 is 0 Å². The van der Waals surface area contributed by atoms with E-state index in [0.717, 1.165) is 29.9 Å². The van der Waals surface area contributed by atoms with Crippen molar-refractivity contribution in [3.05, 3.63) is 76.7 Å². The molecule has 8 heteroatoms. The first kappa shape index (κ1) is 17.8. The fourth-order valence-electron chi connectivity index (χ4n) is 2.95. The molecule has 0 aliphatic heterocycles. The van der Waals surface area contributed by atoms with Gasteiger partial charge in [0.15, 0.2) is 5.82 Å². The second-order valence-corrected chi connectivity index (χ2v) is 6.43. The molecule has 0 spiro atoms. The molecule has 0 aliphatic rings. The van der Waals surface area contributed by atoms with Crippen LogP contribution in [-0.4, -0.2) is 34.3 Å². The summed E-state index contributed by atoms with van der Waals surface area (Å²) in [4.78, 5) is 16.7. The lowest BCUT2D eigenvalue weighted by molar-refractivity contribution is 0.658. The molecule has 0 unspecified atom stereocenters. The highest BCUT2D eigenvalue weighted by Crippen LogP contribution is 2.17. The Hall–Kier alpha value is -3.55. The molecule has 3 aromatic heterocycles. The van der Waals surface area contributed by atoms with Crippen LogP contribution in [0.1, 0.15) is 25.1 Å². The van der Waals surface area contributed by atoms with E-state index in [1.165, 1.54) is 0 Å². The van der Waals surface area contributed by atoms with Gasteiger partial charge in [0.2, 0.25) is 5.43 Å². The molecule has 0 N–H and O–H groups in total. The normalized spacial score (nSPS) is 11.1. The van der Waals surface area contributed by atoms with Crippen LogP contribution < -0.4 is 5.43 Å². The highest BCUT2D eigenvalue weighted by atomic mass is 16.1. The summed E-state index contributed by atoms with van der Waals surface area (Å²) in [5.41, 5.74) is 3.13. The second kappa shape index (κ2) is 7.59. The maximum absolute atomic E-state index is 12.3. The zero-order valence-electron chi connectivity index (χ0n) is 15.9. The second-order valence-electron chi connectivity index (χ2n) is 6.43. The van der Waals surface area contributed by atoms with Crippen molar-refractivity contribution in [2.45, 2.75) is 33.4 Å². The van der Waals surface area contributed by atoms with Gasteiger partial charge in [0.25, 0.3) is 0 Å². The monoisotopic (exact) mass is 375 g/mol. The van der Waals surface area contributed by atoms with Gasteiger partial charge in [-0.3, -0.25) is 14.2 Å². The molecule has 0 bridgehead atoms. The van der Waals surface area contributed by atoms with Crippen molar-refractivity contribution in [1.82, 2.24) is 34.3 Å². The Labute approximate surface area is 162 Å². The van der Waals surface area contributed by atoms with E-state index >= 15 is 0 Å². The first-order valence-corrected chi connectivity index (χ1v) is 9.26. The minimum Gasteiger partial charge on any atom is -0.288 e. The molecular formula is C20H21N7O. The molecule has 0 saturated carbocycles. The van der Waals surface area contributed by atoms with Crippen LogP contribution in [0.3, 0.4) is 0 Å². The molecule has 0 fully saturated rings. The van der Waals surface area contributed by atoms with Gasteiger partial charge in [-0.05, 0) is 25.5 Å². The number of aromatic nitrogens is 7. The van der Waals surface area contributed by atoms with Gasteiger partial charge >= 0.3 is 0 Å². The van der Waals surface area contributed by atoms with E-state index < -0.39 is 0 Å². The molecule has 142 valence electrons. The molecule has 4 rings (SSSR count). The van der Waals surface area contributed by atoms with Crippen LogP contribution in [0.5, 0.6) is 0 Å². The zero-order valence-corrected chi connectivity index (χ0v) is 15.9. The molecule has 4 aromatic rings. The van der Waals surface area contributed by atoms with Crippen LogP contribution in [-0.2, 0) is 19.5 Å². The van der Waals surface area contributed by atoms with Crippen molar-refractivity contribution in [3.63, 3.8) is 0 Å². The molecular weight excluding hydrogens is 354 g/mol. The summed E-state index contributed by atoms with van der Waals surface area (Å²) in [5, 5.41) is 13.2. The third kappa shape index (κ3) is 3.62. The zero-order chi connectivity index (χ0) is 19.5. The summed E-state index contributed by atoms with van der Waals surface area (Å²) in [7, 11) is 0. The van der Waals surface area contributed by atoms with Gasteiger partial charge in [-0.2, -0.15) is 15.3 Å². The smallest absolute Gasteiger partial charge is 0.203 e. The Morgan fingerprint density at radius 2 is 1.89 bits per heavy atom. The van der Waals surface area contributed by atoms with Crippen molar-refractivity contribution in [1.29, 1.82) is 0 Å². The fourth-order valence-corrected chi connectivity index (χ4v) is 2.95. The molecule has 8 nitrogen and oxygen atoms in total. The van der Waals surface area contributed by atoms with Crippen molar-refractivity contribution >= 4 is 0 Å². The third-order valence-electron chi connectivity index (χ3n) is 4.51. The van der Waals surface area contributed by atoms with Gasteiger partial charge in [-0.1, -0.05) is 18.2 Å². The van der Waals surface area contributed by atoms with E-state index in [9.17, 15) is 4.79 Å². The highest BCUT2D eigenvalue weighted by molar-refractivity contribution is 5.55. The number of rotatable bonds is 6. The number of aryl methyl sites for hydroxylation is 2. The number of hydrogen-bond acceptors (Lipinski definition) is 5. The Morgan fingerprint density at radius 1 is 1.04 bits per heavy atom. The van der Waals surface area contributed by atoms with E-state index in [1.807, 2.05) is 49.0 Å². The average Bonchev–Trinajstić information content (AvgIpc) is 3.39. The van der Waals surface area contributed by atoms with Crippen LogP contribution in [0.4, 0.5) is 0 Å². The standard InChI is InChI=1S/C20H21N7O/c1-3-25-13-17(12-22-25)27-9-8-19(28)18(23-27)11-15-6-5-7-16(10-15)20-21-14-26(4-2)24-20/h5-10,12-14H,3-4,11H2,1-2H3. The van der Waals surface area contributed by atoms with E-state index in [1.54, 1.807) is 34.2 Å². The van der Waals surface area contributed by atoms with Crippen LogP contribution in [0, 0.1) is 0 Å². The van der Waals surface area contributed by atoms with Crippen LogP contribution in [0.15, 0.2) is 60.0 Å². The summed E-state index contributed by atoms with van der Waals surface area (Å²) < 4.78 is 5.29. The van der Waals surface area contributed by atoms with Crippen LogP contribution >= 0.6 is 0 Å². The van der Waals surface area contributed by atoms with Gasteiger partial charge in [-0.25, -0.2) is 9.67 Å². The maximum atomic E-state index is 12.3. The largest absolute Gasteiger partial charge is 0.288 e. The number of benzene rings is 1. The lowest BCUT2D eigenvalue weighted by Gasteiger charge is -2.06. The molecule has 0 atom stereocenters. The summed E-state index contributed by atoms with van der Waals surface area (Å²) in [6.45, 7) is 5.59. The average molecular weight is 375 g/mol. The van der Waals surface area contributed by atoms with Gasteiger partial charge < -0.3 is 0 Å². The Morgan fingerprint density at radius 3 is 2.64 bits per heavy atom. The number of nitrogens with zero attached hydrogens (tertiary/aromatic N) is 7. The van der Waals surface area contributed by atoms with E-state index in [2.05, 4.69) is 20.3 Å². The molecule has 0 radical (unpaired) electrons. The number of hydrogen-bond donors (Lipinski definition) is 0. The summed E-state index contributed by atoms with van der Waals surface area (Å²) >= 11 is 0. The van der Waals surface area contributed by atoms with Gasteiger partial charge in [-0.15, -0.1) is 0 Å². The minimum absolute atomic E-state index is 0.0853. The van der Waals surface area contributed by atoms with Gasteiger partial charge in [0.05, 0.1) is 12.4 Å². The lowest BCUT2D eigenvalue weighted by atomic mass is 10.1.